The van der Waals surface area contributed by atoms with Crippen LogP contribution in [0.4, 0.5) is 0 Å². The third kappa shape index (κ3) is 2.25. The summed E-state index contributed by atoms with van der Waals surface area (Å²) in [5.74, 6) is -0.121. The molecule has 0 spiro atoms. The second kappa shape index (κ2) is 4.28. The number of aliphatic hydroxyl groups excluding tert-OH is 1. The van der Waals surface area contributed by atoms with Gasteiger partial charge in [-0.25, -0.2) is 0 Å². The number of aliphatic hydroxyl groups is 1. The molecule has 1 saturated carbocycles. The molecule has 4 heteroatoms. The fraction of sp³-hybridized carbons (Fsp3) is 0.900. The van der Waals surface area contributed by atoms with Crippen molar-refractivity contribution in [2.75, 3.05) is 19.7 Å². The summed E-state index contributed by atoms with van der Waals surface area (Å²) >= 11 is 0. The summed E-state index contributed by atoms with van der Waals surface area (Å²) in [7, 11) is 0. The number of carbonyl (C=O) groups is 1. The molecule has 4 nitrogen and oxygen atoms in total. The maximum atomic E-state index is 11.2. The third-order valence-corrected chi connectivity index (χ3v) is 3.08. The van der Waals surface area contributed by atoms with E-state index in [-0.39, 0.29) is 12.1 Å². The van der Waals surface area contributed by atoms with Crippen molar-refractivity contribution in [1.82, 2.24) is 4.90 Å². The minimum Gasteiger partial charge on any atom is -0.465 e. The molecule has 2 aliphatic rings. The van der Waals surface area contributed by atoms with Crippen molar-refractivity contribution in [1.29, 1.82) is 0 Å². The highest BCUT2D eigenvalue weighted by atomic mass is 16.5. The van der Waals surface area contributed by atoms with Crippen LogP contribution in [0.15, 0.2) is 0 Å². The van der Waals surface area contributed by atoms with E-state index in [0.717, 1.165) is 32.2 Å². The SMILES string of the molecule is O=C1CN(C2CCC(O)C2)CCCO1. The van der Waals surface area contributed by atoms with Crippen LogP contribution in [0, 0.1) is 0 Å². The van der Waals surface area contributed by atoms with E-state index in [4.69, 9.17) is 4.74 Å². The van der Waals surface area contributed by atoms with Gasteiger partial charge in [-0.05, 0) is 25.7 Å². The van der Waals surface area contributed by atoms with Gasteiger partial charge in [0.15, 0.2) is 0 Å². The Morgan fingerprint density at radius 3 is 3.00 bits per heavy atom. The largest absolute Gasteiger partial charge is 0.465 e. The van der Waals surface area contributed by atoms with Gasteiger partial charge in [-0.3, -0.25) is 9.69 Å². The molecule has 0 bridgehead atoms. The first kappa shape index (κ1) is 9.93. The van der Waals surface area contributed by atoms with E-state index in [1.807, 2.05) is 0 Å². The fourth-order valence-corrected chi connectivity index (χ4v) is 2.32. The lowest BCUT2D eigenvalue weighted by molar-refractivity contribution is -0.143. The van der Waals surface area contributed by atoms with E-state index in [0.29, 0.717) is 19.2 Å². The zero-order valence-electron chi connectivity index (χ0n) is 8.32. The lowest BCUT2D eigenvalue weighted by Crippen LogP contribution is -2.37. The van der Waals surface area contributed by atoms with Crippen LogP contribution in [0.25, 0.3) is 0 Å². The first-order valence-electron chi connectivity index (χ1n) is 5.33. The molecular weight excluding hydrogens is 182 g/mol. The molecule has 2 rings (SSSR count). The normalized spacial score (nSPS) is 35.4. The van der Waals surface area contributed by atoms with Crippen LogP contribution >= 0.6 is 0 Å². The average molecular weight is 199 g/mol. The second-order valence-electron chi connectivity index (χ2n) is 4.17. The predicted octanol–water partition coefficient (Wildman–Crippen LogP) is 0.149. The standard InChI is InChI=1S/C10H17NO3/c12-9-3-2-8(6-9)11-4-1-5-14-10(13)7-11/h8-9,12H,1-7H2. The Labute approximate surface area is 83.8 Å². The van der Waals surface area contributed by atoms with E-state index in [1.165, 1.54) is 0 Å². The molecule has 0 radical (unpaired) electrons. The van der Waals surface area contributed by atoms with Crippen molar-refractivity contribution in [2.24, 2.45) is 0 Å². The summed E-state index contributed by atoms with van der Waals surface area (Å²) in [6.07, 6.45) is 3.44. The molecule has 80 valence electrons. The topological polar surface area (TPSA) is 49.8 Å². The van der Waals surface area contributed by atoms with Gasteiger partial charge in [0.1, 0.15) is 0 Å². The second-order valence-corrected chi connectivity index (χ2v) is 4.17. The summed E-state index contributed by atoms with van der Waals surface area (Å²) in [4.78, 5) is 13.4. The number of esters is 1. The van der Waals surface area contributed by atoms with E-state index < -0.39 is 0 Å². The Balaban J connectivity index is 1.92. The molecule has 2 unspecified atom stereocenters. The zero-order chi connectivity index (χ0) is 9.97. The Bertz CT molecular complexity index is 219. The molecule has 0 amide bonds. The van der Waals surface area contributed by atoms with Gasteiger partial charge < -0.3 is 9.84 Å². The van der Waals surface area contributed by atoms with Gasteiger partial charge in [0.05, 0.1) is 19.3 Å². The third-order valence-electron chi connectivity index (χ3n) is 3.08. The molecule has 1 heterocycles. The number of nitrogens with zero attached hydrogens (tertiary/aromatic N) is 1. The summed E-state index contributed by atoms with van der Waals surface area (Å²) in [5, 5.41) is 9.42. The zero-order valence-corrected chi connectivity index (χ0v) is 8.32. The molecule has 1 N–H and O–H groups in total. The quantitative estimate of drug-likeness (QED) is 0.611. The first-order valence-corrected chi connectivity index (χ1v) is 5.33. The number of hydrogen-bond donors (Lipinski definition) is 1. The highest BCUT2D eigenvalue weighted by Crippen LogP contribution is 2.24. The number of ether oxygens (including phenoxy) is 1. The van der Waals surface area contributed by atoms with Crippen molar-refractivity contribution < 1.29 is 14.6 Å². The Hall–Kier alpha value is -0.610. The predicted molar refractivity (Wildman–Crippen MR) is 50.8 cm³/mol. The van der Waals surface area contributed by atoms with Crippen LogP contribution in [0.3, 0.4) is 0 Å². The molecule has 0 aromatic carbocycles. The maximum absolute atomic E-state index is 11.2. The lowest BCUT2D eigenvalue weighted by Gasteiger charge is -2.25. The van der Waals surface area contributed by atoms with Crippen molar-refractivity contribution >= 4 is 5.97 Å². The Morgan fingerprint density at radius 2 is 2.29 bits per heavy atom. The van der Waals surface area contributed by atoms with Crippen LogP contribution in [-0.2, 0) is 9.53 Å². The molecule has 0 aromatic rings. The van der Waals surface area contributed by atoms with Crippen LogP contribution in [0.1, 0.15) is 25.7 Å². The van der Waals surface area contributed by atoms with Gasteiger partial charge in [0.25, 0.3) is 0 Å². The molecule has 1 saturated heterocycles. The smallest absolute Gasteiger partial charge is 0.320 e. The van der Waals surface area contributed by atoms with E-state index in [1.54, 1.807) is 0 Å². The van der Waals surface area contributed by atoms with E-state index in [2.05, 4.69) is 4.90 Å². The first-order chi connectivity index (χ1) is 6.75. The van der Waals surface area contributed by atoms with Crippen molar-refractivity contribution in [3.63, 3.8) is 0 Å². The molecule has 14 heavy (non-hydrogen) atoms. The number of cyclic esters (lactones) is 1. The molecule has 1 aliphatic heterocycles. The number of carbonyl (C=O) groups excluding carboxylic acids is 1. The van der Waals surface area contributed by atoms with Crippen LogP contribution in [0.2, 0.25) is 0 Å². The monoisotopic (exact) mass is 199 g/mol. The molecule has 2 atom stereocenters. The summed E-state index contributed by atoms with van der Waals surface area (Å²) < 4.78 is 4.98. The van der Waals surface area contributed by atoms with Gasteiger partial charge in [0, 0.05) is 12.6 Å². The average Bonchev–Trinajstić information content (AvgIpc) is 2.45. The van der Waals surface area contributed by atoms with Crippen molar-refractivity contribution in [3.8, 4) is 0 Å². The van der Waals surface area contributed by atoms with Gasteiger partial charge in [0.2, 0.25) is 0 Å². The minimum atomic E-state index is -0.167. The van der Waals surface area contributed by atoms with E-state index >= 15 is 0 Å². The van der Waals surface area contributed by atoms with Crippen LogP contribution in [0.5, 0.6) is 0 Å². The fourth-order valence-electron chi connectivity index (χ4n) is 2.32. The summed E-state index contributed by atoms with van der Waals surface area (Å²) in [6.45, 7) is 1.87. The molecule has 2 fully saturated rings. The van der Waals surface area contributed by atoms with Crippen molar-refractivity contribution in [2.45, 2.75) is 37.8 Å². The van der Waals surface area contributed by atoms with E-state index in [9.17, 15) is 9.90 Å². The highest BCUT2D eigenvalue weighted by Gasteiger charge is 2.30. The van der Waals surface area contributed by atoms with Crippen LogP contribution in [-0.4, -0.2) is 47.8 Å². The van der Waals surface area contributed by atoms with Crippen LogP contribution < -0.4 is 0 Å². The minimum absolute atomic E-state index is 0.121. The lowest BCUT2D eigenvalue weighted by atomic mass is 10.2. The summed E-state index contributed by atoms with van der Waals surface area (Å²) in [6, 6.07) is 0.385. The maximum Gasteiger partial charge on any atom is 0.320 e. The Kier molecular flexibility index (Phi) is 3.03. The number of rotatable bonds is 1. The highest BCUT2D eigenvalue weighted by molar-refractivity contribution is 5.71. The summed E-state index contributed by atoms with van der Waals surface area (Å²) in [5.41, 5.74) is 0. The Morgan fingerprint density at radius 1 is 1.43 bits per heavy atom. The molecular formula is C10H17NO3. The van der Waals surface area contributed by atoms with Gasteiger partial charge >= 0.3 is 5.97 Å². The number of hydrogen-bond acceptors (Lipinski definition) is 4. The van der Waals surface area contributed by atoms with Gasteiger partial charge in [-0.2, -0.15) is 0 Å². The molecule has 0 aromatic heterocycles. The van der Waals surface area contributed by atoms with Crippen molar-refractivity contribution in [3.05, 3.63) is 0 Å². The van der Waals surface area contributed by atoms with Gasteiger partial charge in [-0.1, -0.05) is 0 Å². The molecule has 1 aliphatic carbocycles. The van der Waals surface area contributed by atoms with Gasteiger partial charge in [-0.15, -0.1) is 0 Å².